The molecule has 2 aromatic carbocycles. The van der Waals surface area contributed by atoms with Crippen molar-refractivity contribution in [2.45, 2.75) is 6.92 Å². The van der Waals surface area contributed by atoms with E-state index >= 15 is 0 Å². The molecular formula is C21H21N3O3. The molecule has 6 heteroatoms. The quantitative estimate of drug-likeness (QED) is 0.679. The van der Waals surface area contributed by atoms with Crippen molar-refractivity contribution in [2.24, 2.45) is 0 Å². The molecule has 0 atom stereocenters. The summed E-state index contributed by atoms with van der Waals surface area (Å²) in [6.07, 6.45) is 1.59. The normalized spacial score (nSPS) is 10.2. The molecule has 2 N–H and O–H groups in total. The second-order valence-electron chi connectivity index (χ2n) is 5.94. The van der Waals surface area contributed by atoms with Crippen LogP contribution in [0.2, 0.25) is 0 Å². The Morgan fingerprint density at radius 1 is 1.00 bits per heavy atom. The van der Waals surface area contributed by atoms with E-state index in [2.05, 4.69) is 15.6 Å². The Bertz CT molecular complexity index is 957. The lowest BCUT2D eigenvalue weighted by atomic mass is 10.2. The zero-order valence-electron chi connectivity index (χ0n) is 15.4. The molecule has 3 rings (SSSR count). The Hall–Kier alpha value is -3.54. The molecule has 0 unspecified atom stereocenters. The highest BCUT2D eigenvalue weighted by Gasteiger charge is 2.11. The standard InChI is InChI=1S/C21H21N3O3/c1-14-7-8-19(27-3)18(11-14)24-21(25)15-9-10-22-20(12-15)23-16-5-4-6-17(13-16)26-2/h4-13H,1-3H3,(H,22,23)(H,24,25). The van der Waals surface area contributed by atoms with Gasteiger partial charge in [-0.15, -0.1) is 0 Å². The molecule has 1 heterocycles. The zero-order valence-corrected chi connectivity index (χ0v) is 15.4. The van der Waals surface area contributed by atoms with Gasteiger partial charge in [0.25, 0.3) is 5.91 Å². The molecule has 0 aliphatic heterocycles. The summed E-state index contributed by atoms with van der Waals surface area (Å²) >= 11 is 0. The van der Waals surface area contributed by atoms with Crippen molar-refractivity contribution in [1.29, 1.82) is 0 Å². The fourth-order valence-corrected chi connectivity index (χ4v) is 2.60. The maximum atomic E-state index is 12.7. The first-order chi connectivity index (χ1) is 13.1. The number of pyridine rings is 1. The molecule has 0 aliphatic carbocycles. The molecule has 6 nitrogen and oxygen atoms in total. The number of nitrogens with zero attached hydrogens (tertiary/aromatic N) is 1. The maximum absolute atomic E-state index is 12.7. The molecule has 0 saturated carbocycles. The Morgan fingerprint density at radius 2 is 1.85 bits per heavy atom. The number of benzene rings is 2. The van der Waals surface area contributed by atoms with Crippen LogP contribution < -0.4 is 20.1 Å². The summed E-state index contributed by atoms with van der Waals surface area (Å²) in [5.41, 5.74) is 2.96. The zero-order chi connectivity index (χ0) is 19.2. The number of carbonyl (C=O) groups is 1. The third-order valence-electron chi connectivity index (χ3n) is 3.97. The number of rotatable bonds is 6. The Balaban J connectivity index is 1.78. The van der Waals surface area contributed by atoms with Crippen LogP contribution in [0.4, 0.5) is 17.2 Å². The van der Waals surface area contributed by atoms with Gasteiger partial charge < -0.3 is 20.1 Å². The van der Waals surface area contributed by atoms with Crippen LogP contribution in [0.15, 0.2) is 60.8 Å². The molecule has 3 aromatic rings. The Labute approximate surface area is 158 Å². The summed E-state index contributed by atoms with van der Waals surface area (Å²) in [5.74, 6) is 1.67. The van der Waals surface area contributed by atoms with Gasteiger partial charge in [-0.25, -0.2) is 4.98 Å². The monoisotopic (exact) mass is 363 g/mol. The summed E-state index contributed by atoms with van der Waals surface area (Å²) < 4.78 is 10.5. The molecule has 0 aliphatic rings. The van der Waals surface area contributed by atoms with Crippen LogP contribution in [0, 0.1) is 6.92 Å². The van der Waals surface area contributed by atoms with E-state index in [0.29, 0.717) is 22.8 Å². The van der Waals surface area contributed by atoms with Gasteiger partial charge in [-0.05, 0) is 48.9 Å². The molecule has 0 spiro atoms. The highest BCUT2D eigenvalue weighted by molar-refractivity contribution is 6.05. The van der Waals surface area contributed by atoms with E-state index in [9.17, 15) is 4.79 Å². The van der Waals surface area contributed by atoms with Gasteiger partial charge in [-0.2, -0.15) is 0 Å². The minimum absolute atomic E-state index is 0.241. The lowest BCUT2D eigenvalue weighted by molar-refractivity contribution is 0.102. The van der Waals surface area contributed by atoms with Crippen LogP contribution in [0.5, 0.6) is 11.5 Å². The second kappa shape index (κ2) is 8.23. The molecule has 0 fully saturated rings. The summed E-state index contributed by atoms with van der Waals surface area (Å²) in [4.78, 5) is 16.9. The number of hydrogen-bond donors (Lipinski definition) is 2. The maximum Gasteiger partial charge on any atom is 0.255 e. The number of carbonyl (C=O) groups excluding carboxylic acids is 1. The van der Waals surface area contributed by atoms with Gasteiger partial charge in [0.2, 0.25) is 0 Å². The Kier molecular flexibility index (Phi) is 5.56. The van der Waals surface area contributed by atoms with Crippen molar-refractivity contribution < 1.29 is 14.3 Å². The predicted octanol–water partition coefficient (Wildman–Crippen LogP) is 4.40. The van der Waals surface area contributed by atoms with Crippen LogP contribution in [0.1, 0.15) is 15.9 Å². The van der Waals surface area contributed by atoms with Crippen LogP contribution in [-0.4, -0.2) is 25.1 Å². The first-order valence-corrected chi connectivity index (χ1v) is 8.42. The first kappa shape index (κ1) is 18.3. The Morgan fingerprint density at radius 3 is 2.63 bits per heavy atom. The van der Waals surface area contributed by atoms with Crippen LogP contribution in [0.3, 0.4) is 0 Å². The number of nitrogens with one attached hydrogen (secondary N) is 2. The fraction of sp³-hybridized carbons (Fsp3) is 0.143. The molecule has 1 aromatic heterocycles. The van der Waals surface area contributed by atoms with Crippen molar-refractivity contribution in [2.75, 3.05) is 24.9 Å². The predicted molar refractivity (Wildman–Crippen MR) is 106 cm³/mol. The van der Waals surface area contributed by atoms with E-state index in [1.807, 2.05) is 49.4 Å². The van der Waals surface area contributed by atoms with E-state index in [-0.39, 0.29) is 5.91 Å². The minimum atomic E-state index is -0.241. The lowest BCUT2D eigenvalue weighted by Gasteiger charge is -2.12. The molecule has 0 saturated heterocycles. The largest absolute Gasteiger partial charge is 0.497 e. The second-order valence-corrected chi connectivity index (χ2v) is 5.94. The summed E-state index contributed by atoms with van der Waals surface area (Å²) in [5, 5.41) is 6.06. The molecule has 1 amide bonds. The molecular weight excluding hydrogens is 342 g/mol. The molecule has 0 radical (unpaired) electrons. The van der Waals surface area contributed by atoms with Crippen molar-refractivity contribution in [1.82, 2.24) is 4.98 Å². The molecule has 138 valence electrons. The van der Waals surface area contributed by atoms with Crippen molar-refractivity contribution in [3.63, 3.8) is 0 Å². The fourth-order valence-electron chi connectivity index (χ4n) is 2.60. The van der Waals surface area contributed by atoms with Gasteiger partial charge in [0, 0.05) is 23.5 Å². The summed E-state index contributed by atoms with van der Waals surface area (Å²) in [6, 6.07) is 16.5. The molecule has 27 heavy (non-hydrogen) atoms. The van der Waals surface area contributed by atoms with Crippen LogP contribution in [0.25, 0.3) is 0 Å². The third kappa shape index (κ3) is 4.55. The first-order valence-electron chi connectivity index (χ1n) is 8.42. The van der Waals surface area contributed by atoms with E-state index in [0.717, 1.165) is 17.0 Å². The number of methoxy groups -OCH3 is 2. The minimum Gasteiger partial charge on any atom is -0.497 e. The van der Waals surface area contributed by atoms with Crippen molar-refractivity contribution in [3.05, 3.63) is 71.9 Å². The van der Waals surface area contributed by atoms with E-state index in [4.69, 9.17) is 9.47 Å². The average Bonchev–Trinajstić information content (AvgIpc) is 2.68. The number of anilines is 3. The van der Waals surface area contributed by atoms with Gasteiger partial charge in [0.05, 0.1) is 19.9 Å². The smallest absolute Gasteiger partial charge is 0.255 e. The number of amides is 1. The topological polar surface area (TPSA) is 72.5 Å². The summed E-state index contributed by atoms with van der Waals surface area (Å²) in [7, 11) is 3.19. The third-order valence-corrected chi connectivity index (χ3v) is 3.97. The number of aromatic nitrogens is 1. The number of hydrogen-bond acceptors (Lipinski definition) is 5. The van der Waals surface area contributed by atoms with Gasteiger partial charge in [-0.1, -0.05) is 12.1 Å². The van der Waals surface area contributed by atoms with E-state index in [1.165, 1.54) is 0 Å². The highest BCUT2D eigenvalue weighted by Crippen LogP contribution is 2.26. The lowest BCUT2D eigenvalue weighted by Crippen LogP contribution is -2.13. The number of ether oxygens (including phenoxy) is 2. The molecule has 0 bridgehead atoms. The summed E-state index contributed by atoms with van der Waals surface area (Å²) in [6.45, 7) is 1.96. The van der Waals surface area contributed by atoms with Gasteiger partial charge in [-0.3, -0.25) is 4.79 Å². The van der Waals surface area contributed by atoms with Crippen molar-refractivity contribution in [3.8, 4) is 11.5 Å². The van der Waals surface area contributed by atoms with Gasteiger partial charge in [0.1, 0.15) is 17.3 Å². The average molecular weight is 363 g/mol. The van der Waals surface area contributed by atoms with Crippen LogP contribution >= 0.6 is 0 Å². The highest BCUT2D eigenvalue weighted by atomic mass is 16.5. The van der Waals surface area contributed by atoms with Crippen molar-refractivity contribution >= 4 is 23.1 Å². The van der Waals surface area contributed by atoms with Crippen LogP contribution in [-0.2, 0) is 0 Å². The number of aryl methyl sites for hydroxylation is 1. The SMILES string of the molecule is COc1cccc(Nc2cc(C(=O)Nc3cc(C)ccc3OC)ccn2)c1. The van der Waals surface area contributed by atoms with Gasteiger partial charge in [0.15, 0.2) is 0 Å². The van der Waals surface area contributed by atoms with E-state index < -0.39 is 0 Å². The van der Waals surface area contributed by atoms with E-state index in [1.54, 1.807) is 32.5 Å². The van der Waals surface area contributed by atoms with Gasteiger partial charge >= 0.3 is 0 Å².